The first-order valence-corrected chi connectivity index (χ1v) is 11.1. The Hall–Kier alpha value is -2.27. The van der Waals surface area contributed by atoms with Gasteiger partial charge in [0.05, 0.1) is 27.1 Å². The summed E-state index contributed by atoms with van der Waals surface area (Å²) in [7, 11) is 14.8. The molecule has 7 heteroatoms. The van der Waals surface area contributed by atoms with E-state index >= 15 is 0 Å². The van der Waals surface area contributed by atoms with Gasteiger partial charge >= 0.3 is 0 Å². The van der Waals surface area contributed by atoms with Crippen molar-refractivity contribution in [2.24, 2.45) is 0 Å². The number of benzene rings is 2. The molecule has 4 nitrogen and oxygen atoms in total. The van der Waals surface area contributed by atoms with Crippen molar-refractivity contribution >= 4 is 32.9 Å². The van der Waals surface area contributed by atoms with E-state index in [4.69, 9.17) is 15.7 Å². The summed E-state index contributed by atoms with van der Waals surface area (Å²) in [6.07, 6.45) is 2.35. The predicted molar refractivity (Wildman–Crippen MR) is 124 cm³/mol. The molecule has 1 saturated heterocycles. The summed E-state index contributed by atoms with van der Waals surface area (Å²) >= 11 is 0. The summed E-state index contributed by atoms with van der Waals surface area (Å²) in [5.74, 6) is 0.192. The Morgan fingerprint density at radius 1 is 1.19 bits per heavy atom. The lowest BCUT2D eigenvalue weighted by molar-refractivity contribution is 0.0971. The summed E-state index contributed by atoms with van der Waals surface area (Å²) in [6, 6.07) is 12.7. The normalized spacial score (nSPS) is 24.1. The van der Waals surface area contributed by atoms with Gasteiger partial charge in [-0.3, -0.25) is 4.79 Å². The third kappa shape index (κ3) is 3.57. The van der Waals surface area contributed by atoms with Gasteiger partial charge in [0.15, 0.2) is 5.78 Å². The Balaban J connectivity index is 1.25. The Bertz CT molecular complexity index is 997. The number of likely N-dealkylation sites (tertiary alicyclic amines) is 1. The van der Waals surface area contributed by atoms with Gasteiger partial charge < -0.3 is 14.7 Å². The van der Waals surface area contributed by atoms with Crippen LogP contribution in [0.15, 0.2) is 42.5 Å². The first kappa shape index (κ1) is 20.6. The van der Waals surface area contributed by atoms with Crippen molar-refractivity contribution in [1.82, 2.24) is 4.90 Å². The molecule has 0 saturated carbocycles. The molecule has 0 aliphatic carbocycles. The van der Waals surface area contributed by atoms with Crippen LogP contribution in [-0.4, -0.2) is 71.0 Å². The van der Waals surface area contributed by atoms with Crippen LogP contribution in [0.25, 0.3) is 0 Å². The molecule has 1 fully saturated rings. The second kappa shape index (κ2) is 7.70. The maximum atomic E-state index is 13.1. The summed E-state index contributed by atoms with van der Waals surface area (Å²) < 4.78 is 13.1. The second-order valence-corrected chi connectivity index (χ2v) is 9.19. The van der Waals surface area contributed by atoms with Gasteiger partial charge in [-0.25, -0.2) is 4.39 Å². The lowest BCUT2D eigenvalue weighted by Crippen LogP contribution is -2.61. The minimum absolute atomic E-state index is 0.0769. The number of hydrogen-bond donors (Lipinski definition) is 0. The number of para-hydroxylation sites is 1. The average Bonchev–Trinajstić information content (AvgIpc) is 3.06. The molecule has 3 aliphatic rings. The first-order chi connectivity index (χ1) is 14.8. The van der Waals surface area contributed by atoms with Crippen molar-refractivity contribution in [2.45, 2.75) is 36.6 Å². The topological polar surface area (TPSA) is 26.8 Å². The van der Waals surface area contributed by atoms with E-state index in [2.05, 4.69) is 28.0 Å². The number of Topliss-reactive ketones (excluding diaryl/α,β-unsaturated/α-hetero) is 1. The fourth-order valence-electron chi connectivity index (χ4n) is 5.53. The van der Waals surface area contributed by atoms with E-state index in [1.54, 1.807) is 12.1 Å². The van der Waals surface area contributed by atoms with Gasteiger partial charge in [0.2, 0.25) is 0 Å². The van der Waals surface area contributed by atoms with Crippen LogP contribution in [0.4, 0.5) is 15.8 Å². The zero-order chi connectivity index (χ0) is 21.8. The van der Waals surface area contributed by atoms with E-state index in [9.17, 15) is 9.18 Å². The lowest BCUT2D eigenvalue weighted by Gasteiger charge is -2.50. The Kier molecular flexibility index (Phi) is 5.12. The number of likely N-dealkylation sites (N-methyl/N-ethyl adjacent to an activating group) is 1. The first-order valence-electron chi connectivity index (χ1n) is 11.1. The molecule has 3 aliphatic heterocycles. The number of nitrogens with zero attached hydrogens (tertiary/aromatic N) is 3. The minimum atomic E-state index is -0.877. The number of piperidine rings is 1. The molecule has 156 valence electrons. The van der Waals surface area contributed by atoms with Crippen molar-refractivity contribution in [3.8, 4) is 0 Å². The van der Waals surface area contributed by atoms with Gasteiger partial charge in [0, 0.05) is 50.6 Å². The minimum Gasteiger partial charge on any atom is -0.383 e. The average molecular weight is 413 g/mol. The molecule has 2 atom stereocenters. The molecule has 3 heterocycles. The molecule has 0 N–H and O–H groups in total. The molecule has 0 aromatic heterocycles. The summed E-state index contributed by atoms with van der Waals surface area (Å²) in [5.41, 5.74) is 4.37. The van der Waals surface area contributed by atoms with Crippen LogP contribution in [0.5, 0.6) is 0 Å². The van der Waals surface area contributed by atoms with E-state index < -0.39 is 5.34 Å². The lowest BCUT2D eigenvalue weighted by atomic mass is 9.59. The number of rotatable bonds is 5. The predicted octanol–water partition coefficient (Wildman–Crippen LogP) is 2.91. The van der Waals surface area contributed by atoms with E-state index in [-0.39, 0.29) is 11.6 Å². The standard InChI is InChI=1S/C24H26B2FN3O/c1-28-21-5-2-4-18-19-14-29(12-3-6-22(31)16-7-9-17(27)10-8-16)13-11-20(19)30(23(18)21)15-24(28,25)26/h2,4-5,7-10,19-20H,3,6,11-15H2,1H3. The Labute approximate surface area is 186 Å². The highest BCUT2D eigenvalue weighted by Crippen LogP contribution is 2.52. The smallest absolute Gasteiger partial charge is 0.162 e. The van der Waals surface area contributed by atoms with Crippen molar-refractivity contribution in [1.29, 1.82) is 0 Å². The highest BCUT2D eigenvalue weighted by molar-refractivity contribution is 6.42. The zero-order valence-electron chi connectivity index (χ0n) is 17.9. The number of ketones is 1. The monoisotopic (exact) mass is 413 g/mol. The summed E-state index contributed by atoms with van der Waals surface area (Å²) in [4.78, 5) is 19.3. The highest BCUT2D eigenvalue weighted by atomic mass is 19.1. The van der Waals surface area contributed by atoms with Gasteiger partial charge in [-0.2, -0.15) is 0 Å². The van der Waals surface area contributed by atoms with Gasteiger partial charge in [-0.05, 0) is 60.6 Å². The fourth-order valence-corrected chi connectivity index (χ4v) is 5.53. The number of hydrogen-bond acceptors (Lipinski definition) is 4. The van der Waals surface area contributed by atoms with Crippen LogP contribution in [0, 0.1) is 5.82 Å². The van der Waals surface area contributed by atoms with Crippen molar-refractivity contribution in [3.63, 3.8) is 0 Å². The van der Waals surface area contributed by atoms with Gasteiger partial charge in [-0.1, -0.05) is 12.1 Å². The van der Waals surface area contributed by atoms with Gasteiger partial charge in [-0.15, -0.1) is 0 Å². The number of carbonyl (C=O) groups excluding carboxylic acids is 1. The van der Waals surface area contributed by atoms with Crippen LogP contribution < -0.4 is 9.80 Å². The maximum Gasteiger partial charge on any atom is 0.162 e. The van der Waals surface area contributed by atoms with E-state index in [0.29, 0.717) is 30.5 Å². The molecule has 31 heavy (non-hydrogen) atoms. The molecule has 4 radical (unpaired) electrons. The SMILES string of the molecule is [B]C1([B])CN2c3c(cccc3N1C)C1CN(CCCC(=O)c3ccc(F)cc3)CCC12. The number of fused-ring (bicyclic) bond motifs is 3. The number of anilines is 2. The second-order valence-electron chi connectivity index (χ2n) is 9.19. The molecule has 2 aromatic carbocycles. The molecule has 2 aromatic rings. The molecule has 0 amide bonds. The molecule has 0 bridgehead atoms. The summed E-state index contributed by atoms with van der Waals surface area (Å²) in [5, 5.41) is -0.877. The van der Waals surface area contributed by atoms with E-state index in [1.165, 1.54) is 23.4 Å². The molecule has 5 rings (SSSR count). The van der Waals surface area contributed by atoms with E-state index in [0.717, 1.165) is 38.2 Å². The third-order valence-corrected chi connectivity index (χ3v) is 7.25. The van der Waals surface area contributed by atoms with Gasteiger partial charge in [0.25, 0.3) is 0 Å². The van der Waals surface area contributed by atoms with Crippen LogP contribution in [-0.2, 0) is 0 Å². The van der Waals surface area contributed by atoms with Crippen molar-refractivity contribution in [2.75, 3.05) is 43.0 Å². The third-order valence-electron chi connectivity index (χ3n) is 7.25. The molecular formula is C24H26B2FN3O. The molecule has 0 spiro atoms. The van der Waals surface area contributed by atoms with E-state index in [1.807, 2.05) is 11.9 Å². The van der Waals surface area contributed by atoms with Crippen LogP contribution in [0.3, 0.4) is 0 Å². The Morgan fingerprint density at radius 3 is 2.74 bits per heavy atom. The largest absolute Gasteiger partial charge is 0.383 e. The van der Waals surface area contributed by atoms with Crippen LogP contribution >= 0.6 is 0 Å². The summed E-state index contributed by atoms with van der Waals surface area (Å²) in [6.45, 7) is 3.50. The Morgan fingerprint density at radius 2 is 1.97 bits per heavy atom. The number of halogens is 1. The maximum absolute atomic E-state index is 13.1. The molecule has 2 unspecified atom stereocenters. The van der Waals surface area contributed by atoms with Crippen LogP contribution in [0.2, 0.25) is 0 Å². The zero-order valence-corrected chi connectivity index (χ0v) is 17.9. The fraction of sp³-hybridized carbons (Fsp3) is 0.458. The van der Waals surface area contributed by atoms with Crippen molar-refractivity contribution in [3.05, 3.63) is 59.4 Å². The van der Waals surface area contributed by atoms with Gasteiger partial charge in [0.1, 0.15) is 5.82 Å². The van der Waals surface area contributed by atoms with Crippen LogP contribution in [0.1, 0.15) is 41.1 Å². The molecular weight excluding hydrogens is 387 g/mol. The number of carbonyl (C=O) groups is 1. The van der Waals surface area contributed by atoms with Crippen molar-refractivity contribution < 1.29 is 9.18 Å². The highest BCUT2D eigenvalue weighted by Gasteiger charge is 2.47. The quantitative estimate of drug-likeness (QED) is 0.557.